The second-order valence-corrected chi connectivity index (χ2v) is 13.6. The van der Waals surface area contributed by atoms with Gasteiger partial charge in [-0.05, 0) is 79.2 Å². The number of nitrogens with zero attached hydrogens (tertiary/aromatic N) is 2. The number of halogens is 6. The van der Waals surface area contributed by atoms with Gasteiger partial charge in [-0.15, -0.1) is 0 Å². The molecule has 11 heteroatoms. The highest BCUT2D eigenvalue weighted by atomic mass is 32.5. The standard InChI is InChI=1S/C28H29F6N2OPS/c1-19(20-9-5-4-6-10-20)15-16-37-38(39)35(2)25(21-11-7-13-23(17-21)27(29,30)31)26(36(38)3)22-12-8-14-24(18-22)28(32,33)34/h4-14,17-19,25-26H,15-16H2,1-3H3/t19?,25-,26-/m0/s1. The second kappa shape index (κ2) is 11.3. The minimum atomic E-state index is -4.57. The van der Waals surface area contributed by atoms with Crippen LogP contribution >= 0.6 is 6.57 Å². The van der Waals surface area contributed by atoms with Gasteiger partial charge in [-0.3, -0.25) is 0 Å². The average Bonchev–Trinajstić information content (AvgIpc) is 3.09. The van der Waals surface area contributed by atoms with Crippen LogP contribution in [0.1, 0.15) is 59.2 Å². The van der Waals surface area contributed by atoms with Crippen LogP contribution in [0.25, 0.3) is 0 Å². The molecule has 0 aliphatic carbocycles. The zero-order chi connectivity index (χ0) is 28.6. The molecule has 3 nitrogen and oxygen atoms in total. The van der Waals surface area contributed by atoms with Gasteiger partial charge in [0.15, 0.2) is 0 Å². The van der Waals surface area contributed by atoms with Crippen LogP contribution in [0.2, 0.25) is 0 Å². The number of likely N-dealkylation sites (N-methyl/N-ethyl adjacent to an activating group) is 2. The summed E-state index contributed by atoms with van der Waals surface area (Å²) in [6.45, 7) is -0.671. The van der Waals surface area contributed by atoms with Gasteiger partial charge in [-0.1, -0.05) is 61.5 Å². The van der Waals surface area contributed by atoms with E-state index in [9.17, 15) is 26.3 Å². The maximum absolute atomic E-state index is 13.6. The first-order valence-electron chi connectivity index (χ1n) is 12.3. The van der Waals surface area contributed by atoms with E-state index in [4.69, 9.17) is 16.3 Å². The molecule has 4 rings (SSSR count). The summed E-state index contributed by atoms with van der Waals surface area (Å²) < 4.78 is 91.3. The first-order valence-corrected chi connectivity index (χ1v) is 15.0. The van der Waals surface area contributed by atoms with Crippen molar-refractivity contribution in [1.82, 2.24) is 9.34 Å². The molecule has 0 N–H and O–H groups in total. The van der Waals surface area contributed by atoms with Crippen molar-refractivity contribution < 1.29 is 30.9 Å². The van der Waals surface area contributed by atoms with Crippen molar-refractivity contribution in [2.45, 2.75) is 43.7 Å². The molecule has 1 aliphatic heterocycles. The Morgan fingerprint density at radius 1 is 0.769 bits per heavy atom. The van der Waals surface area contributed by atoms with Crippen LogP contribution in [0.3, 0.4) is 0 Å². The lowest BCUT2D eigenvalue weighted by Gasteiger charge is -2.31. The second-order valence-electron chi connectivity index (χ2n) is 9.71. The third-order valence-electron chi connectivity index (χ3n) is 7.19. The Morgan fingerprint density at radius 2 is 1.23 bits per heavy atom. The fraction of sp³-hybridized carbons (Fsp3) is 0.357. The SMILES string of the molecule is CC(CCOP1(=S)N(C)[C@@H](c2cccc(C(F)(F)F)c2)[C@H](c2cccc(C(F)(F)F)c2)N1C)c1ccccc1. The van der Waals surface area contributed by atoms with Gasteiger partial charge in [0.25, 0.3) is 0 Å². The monoisotopic (exact) mass is 586 g/mol. The summed E-state index contributed by atoms with van der Waals surface area (Å²) in [4.78, 5) is 0. The van der Waals surface area contributed by atoms with E-state index in [0.29, 0.717) is 17.5 Å². The quantitative estimate of drug-likeness (QED) is 0.203. The van der Waals surface area contributed by atoms with E-state index in [-0.39, 0.29) is 12.5 Å². The summed E-state index contributed by atoms with van der Waals surface area (Å²) in [6, 6.07) is 18.1. The zero-order valence-electron chi connectivity index (χ0n) is 21.6. The lowest BCUT2D eigenvalue weighted by atomic mass is 9.91. The molecular weight excluding hydrogens is 557 g/mol. The summed E-state index contributed by atoms with van der Waals surface area (Å²) >= 11 is 6.04. The molecule has 0 amide bonds. The lowest BCUT2D eigenvalue weighted by Crippen LogP contribution is -2.22. The summed E-state index contributed by atoms with van der Waals surface area (Å²) in [5.74, 6) is 0.171. The maximum Gasteiger partial charge on any atom is 0.416 e. The average molecular weight is 587 g/mol. The van der Waals surface area contributed by atoms with Crippen LogP contribution in [-0.2, 0) is 28.7 Å². The molecule has 0 radical (unpaired) electrons. The summed E-state index contributed by atoms with van der Waals surface area (Å²) in [7, 11) is 3.35. The van der Waals surface area contributed by atoms with Crippen LogP contribution < -0.4 is 0 Å². The van der Waals surface area contributed by atoms with Gasteiger partial charge < -0.3 is 4.52 Å². The van der Waals surface area contributed by atoms with Gasteiger partial charge in [0.2, 0.25) is 6.57 Å². The van der Waals surface area contributed by atoms with Gasteiger partial charge >= 0.3 is 12.4 Å². The zero-order valence-corrected chi connectivity index (χ0v) is 23.3. The lowest BCUT2D eigenvalue weighted by molar-refractivity contribution is -0.138. The van der Waals surface area contributed by atoms with E-state index in [1.807, 2.05) is 30.3 Å². The van der Waals surface area contributed by atoms with E-state index in [1.54, 1.807) is 35.6 Å². The molecule has 3 aromatic carbocycles. The number of alkyl halides is 6. The summed E-state index contributed by atoms with van der Waals surface area (Å²) in [5, 5.41) is 0. The van der Waals surface area contributed by atoms with Crippen LogP contribution in [0.5, 0.6) is 0 Å². The number of hydrogen-bond donors (Lipinski definition) is 0. The predicted molar refractivity (Wildman–Crippen MR) is 144 cm³/mol. The van der Waals surface area contributed by atoms with Gasteiger partial charge in [0, 0.05) is 0 Å². The van der Waals surface area contributed by atoms with Gasteiger partial charge in [-0.2, -0.15) is 26.3 Å². The van der Waals surface area contributed by atoms with E-state index < -0.39 is 42.1 Å². The molecule has 210 valence electrons. The molecule has 0 saturated carbocycles. The molecule has 0 bridgehead atoms. The Kier molecular flexibility index (Phi) is 8.64. The van der Waals surface area contributed by atoms with Gasteiger partial charge in [-0.25, -0.2) is 9.34 Å². The third-order valence-corrected chi connectivity index (χ3v) is 11.7. The van der Waals surface area contributed by atoms with Gasteiger partial charge in [0.1, 0.15) is 0 Å². The topological polar surface area (TPSA) is 15.7 Å². The Labute approximate surface area is 229 Å². The van der Waals surface area contributed by atoms with Gasteiger partial charge in [0.05, 0.1) is 29.8 Å². The largest absolute Gasteiger partial charge is 0.416 e. The molecule has 0 aromatic heterocycles. The summed E-state index contributed by atoms with van der Waals surface area (Å²) in [6.07, 6.45) is -8.50. The number of benzene rings is 3. The minimum Gasteiger partial charge on any atom is -0.327 e. The Balaban J connectivity index is 1.71. The van der Waals surface area contributed by atoms with Crippen molar-refractivity contribution in [3.05, 3.63) is 107 Å². The smallest absolute Gasteiger partial charge is 0.327 e. The van der Waals surface area contributed by atoms with Crippen LogP contribution in [0.15, 0.2) is 78.9 Å². The molecule has 3 aromatic rings. The first-order chi connectivity index (χ1) is 18.2. The minimum absolute atomic E-state index is 0.171. The third kappa shape index (κ3) is 6.25. The van der Waals surface area contributed by atoms with Crippen LogP contribution in [-0.4, -0.2) is 30.0 Å². The van der Waals surface area contributed by atoms with E-state index >= 15 is 0 Å². The molecule has 1 fully saturated rings. The molecular formula is C28H29F6N2OPS. The Morgan fingerprint density at radius 3 is 1.67 bits per heavy atom. The maximum atomic E-state index is 13.6. The van der Waals surface area contributed by atoms with Crippen molar-refractivity contribution in [1.29, 1.82) is 0 Å². The highest BCUT2D eigenvalue weighted by Gasteiger charge is 2.51. The Bertz CT molecular complexity index is 1260. The normalized spacial score (nSPS) is 21.3. The number of rotatable bonds is 7. The fourth-order valence-corrected chi connectivity index (χ4v) is 8.15. The van der Waals surface area contributed by atoms with Crippen LogP contribution in [0.4, 0.5) is 26.3 Å². The highest BCUT2D eigenvalue weighted by molar-refractivity contribution is 8.10. The molecule has 1 saturated heterocycles. The van der Waals surface area contributed by atoms with E-state index in [1.165, 1.54) is 12.1 Å². The molecule has 1 aliphatic rings. The highest BCUT2D eigenvalue weighted by Crippen LogP contribution is 2.69. The molecule has 39 heavy (non-hydrogen) atoms. The molecule has 1 unspecified atom stereocenters. The van der Waals surface area contributed by atoms with Crippen molar-refractivity contribution in [2.75, 3.05) is 20.7 Å². The number of hydrogen-bond acceptors (Lipinski definition) is 2. The van der Waals surface area contributed by atoms with Crippen molar-refractivity contribution in [3.8, 4) is 0 Å². The predicted octanol–water partition coefficient (Wildman–Crippen LogP) is 8.82. The fourth-order valence-electron chi connectivity index (χ4n) is 5.02. The molecule has 3 atom stereocenters. The van der Waals surface area contributed by atoms with Crippen molar-refractivity contribution >= 4 is 18.4 Å². The van der Waals surface area contributed by atoms with Crippen molar-refractivity contribution in [3.63, 3.8) is 0 Å². The van der Waals surface area contributed by atoms with E-state index in [0.717, 1.165) is 29.8 Å². The summed E-state index contributed by atoms with van der Waals surface area (Å²) in [5.41, 5.74) is 0.0621. The first kappa shape index (κ1) is 29.7. The Hall–Kier alpha value is -2.23. The van der Waals surface area contributed by atoms with E-state index in [2.05, 4.69) is 6.92 Å². The molecule has 1 heterocycles. The molecule has 0 spiro atoms. The van der Waals surface area contributed by atoms with Crippen molar-refractivity contribution in [2.24, 2.45) is 0 Å². The van der Waals surface area contributed by atoms with Crippen LogP contribution in [0, 0.1) is 0 Å².